The van der Waals surface area contributed by atoms with E-state index in [0.717, 1.165) is 10.9 Å². The second-order valence-corrected chi connectivity index (χ2v) is 7.66. The maximum Gasteiger partial charge on any atom is 0.255 e. The quantitative estimate of drug-likeness (QED) is 0.262. The second-order valence-electron chi connectivity index (χ2n) is 7.66. The van der Waals surface area contributed by atoms with Gasteiger partial charge in [0.2, 0.25) is 5.95 Å². The van der Waals surface area contributed by atoms with Gasteiger partial charge < -0.3 is 21.2 Å². The highest BCUT2D eigenvalue weighted by atomic mass is 16.3. The number of amides is 1. The van der Waals surface area contributed by atoms with Gasteiger partial charge in [-0.25, -0.2) is 9.67 Å². The summed E-state index contributed by atoms with van der Waals surface area (Å²) in [5.41, 5.74) is 16.1. The van der Waals surface area contributed by atoms with E-state index in [-0.39, 0.29) is 11.9 Å². The molecule has 3 aromatic heterocycles. The summed E-state index contributed by atoms with van der Waals surface area (Å²) in [7, 11) is 0. The topological polar surface area (TPSA) is 138 Å². The van der Waals surface area contributed by atoms with Crippen LogP contribution in [-0.2, 0) is 11.3 Å². The normalized spacial score (nSPS) is 10.9. The largest absolute Gasteiger partial charge is 0.463 e. The summed E-state index contributed by atoms with van der Waals surface area (Å²) < 4.78 is 7.22. The molecule has 0 unspecified atom stereocenters. The number of benzene rings is 2. The molecule has 0 aliphatic rings. The van der Waals surface area contributed by atoms with Crippen LogP contribution in [0.4, 0.5) is 17.3 Å². The Kier molecular flexibility index (Phi) is 5.27. The lowest BCUT2D eigenvalue weighted by Gasteiger charge is -2.11. The number of carbonyl (C=O) groups excluding carboxylic acids is 1. The van der Waals surface area contributed by atoms with Crippen LogP contribution >= 0.6 is 0 Å². The number of furan rings is 1. The van der Waals surface area contributed by atoms with Crippen molar-refractivity contribution in [3.63, 3.8) is 0 Å². The molecule has 1 amide bonds. The molecule has 0 fully saturated rings. The Labute approximate surface area is 194 Å². The monoisotopic (exact) mass is 451 g/mol. The molecule has 0 bridgehead atoms. The summed E-state index contributed by atoms with van der Waals surface area (Å²) >= 11 is 0. The van der Waals surface area contributed by atoms with E-state index in [1.165, 1.54) is 0 Å². The van der Waals surface area contributed by atoms with Gasteiger partial charge in [-0.2, -0.15) is 10.1 Å². The van der Waals surface area contributed by atoms with Gasteiger partial charge in [0.15, 0.2) is 11.4 Å². The molecule has 0 saturated heterocycles. The fourth-order valence-electron chi connectivity index (χ4n) is 3.61. The molecule has 0 atom stereocenters. The Morgan fingerprint density at radius 2 is 1.82 bits per heavy atom. The zero-order valence-electron chi connectivity index (χ0n) is 18.1. The van der Waals surface area contributed by atoms with E-state index in [1.807, 2.05) is 30.3 Å². The summed E-state index contributed by atoms with van der Waals surface area (Å²) in [5.74, 6) is 0.413. The van der Waals surface area contributed by atoms with Gasteiger partial charge in [0.25, 0.3) is 5.91 Å². The lowest BCUT2D eigenvalue weighted by molar-refractivity contribution is -0.111. The fourth-order valence-corrected chi connectivity index (χ4v) is 3.61. The van der Waals surface area contributed by atoms with Gasteiger partial charge in [0.1, 0.15) is 5.69 Å². The molecule has 5 rings (SSSR count). The molecule has 5 aromatic rings. The van der Waals surface area contributed by atoms with Gasteiger partial charge >= 0.3 is 0 Å². The van der Waals surface area contributed by atoms with Crippen molar-refractivity contribution in [2.45, 2.75) is 6.54 Å². The minimum Gasteiger partial charge on any atom is -0.463 e. The van der Waals surface area contributed by atoms with Crippen molar-refractivity contribution in [3.8, 4) is 11.5 Å². The first-order valence-corrected chi connectivity index (χ1v) is 10.5. The van der Waals surface area contributed by atoms with Crippen molar-refractivity contribution in [2.24, 2.45) is 0 Å². The smallest absolute Gasteiger partial charge is 0.255 e. The molecule has 2 aromatic carbocycles. The Bertz CT molecular complexity index is 1500. The number of anilines is 3. The zero-order chi connectivity index (χ0) is 23.7. The van der Waals surface area contributed by atoms with E-state index >= 15 is 0 Å². The number of fused-ring (bicyclic) bond motifs is 1. The van der Waals surface area contributed by atoms with Crippen LogP contribution < -0.4 is 16.8 Å². The maximum absolute atomic E-state index is 12.6. The van der Waals surface area contributed by atoms with Crippen LogP contribution in [-0.4, -0.2) is 25.7 Å². The summed E-state index contributed by atoms with van der Waals surface area (Å²) in [4.78, 5) is 21.3. The van der Waals surface area contributed by atoms with Crippen LogP contribution in [0, 0.1) is 0 Å². The predicted molar refractivity (Wildman–Crippen MR) is 131 cm³/mol. The minimum absolute atomic E-state index is 0.136. The van der Waals surface area contributed by atoms with Crippen LogP contribution in [0.1, 0.15) is 11.1 Å². The van der Waals surface area contributed by atoms with Crippen molar-refractivity contribution in [1.82, 2.24) is 19.7 Å². The molecular formula is C25H21N7O2. The number of aromatic nitrogens is 4. The van der Waals surface area contributed by atoms with Crippen LogP contribution in [0.5, 0.6) is 0 Å². The van der Waals surface area contributed by atoms with E-state index in [9.17, 15) is 4.79 Å². The predicted octanol–water partition coefficient (Wildman–Crippen LogP) is 3.95. The van der Waals surface area contributed by atoms with Crippen molar-refractivity contribution >= 4 is 39.8 Å². The summed E-state index contributed by atoms with van der Waals surface area (Å²) in [6.07, 6.45) is 3.27. The molecular weight excluding hydrogens is 430 g/mol. The molecule has 9 nitrogen and oxygen atoms in total. The molecule has 34 heavy (non-hydrogen) atoms. The van der Waals surface area contributed by atoms with E-state index in [2.05, 4.69) is 27.0 Å². The number of rotatable bonds is 6. The lowest BCUT2D eigenvalue weighted by atomic mass is 10.0. The van der Waals surface area contributed by atoms with E-state index < -0.39 is 0 Å². The molecule has 5 N–H and O–H groups in total. The number of para-hydroxylation sites is 2. The van der Waals surface area contributed by atoms with Gasteiger partial charge in [0.05, 0.1) is 35.8 Å². The number of carbonyl (C=O) groups is 1. The van der Waals surface area contributed by atoms with Gasteiger partial charge in [-0.15, -0.1) is 0 Å². The summed E-state index contributed by atoms with van der Waals surface area (Å²) in [6, 6.07) is 18.2. The van der Waals surface area contributed by atoms with E-state index in [0.29, 0.717) is 46.2 Å². The van der Waals surface area contributed by atoms with Crippen molar-refractivity contribution in [1.29, 1.82) is 0 Å². The van der Waals surface area contributed by atoms with Crippen LogP contribution in [0.15, 0.2) is 84.1 Å². The molecule has 3 heterocycles. The highest BCUT2D eigenvalue weighted by Crippen LogP contribution is 2.27. The number of nitrogen functional groups attached to an aromatic ring is 2. The molecule has 0 saturated carbocycles. The maximum atomic E-state index is 12.6. The Morgan fingerprint density at radius 3 is 2.56 bits per heavy atom. The first kappa shape index (κ1) is 21.0. The Morgan fingerprint density at radius 1 is 1.03 bits per heavy atom. The molecule has 0 aliphatic heterocycles. The van der Waals surface area contributed by atoms with Gasteiger partial charge in [0, 0.05) is 5.57 Å². The number of nitrogens with zero attached hydrogens (tertiary/aromatic N) is 4. The summed E-state index contributed by atoms with van der Waals surface area (Å²) in [6.45, 7) is 4.39. The Hall–Kier alpha value is -4.92. The average molecular weight is 451 g/mol. The van der Waals surface area contributed by atoms with Gasteiger partial charge in [-0.3, -0.25) is 4.79 Å². The molecule has 0 spiro atoms. The number of nitrogens with two attached hydrogens (primary N) is 2. The van der Waals surface area contributed by atoms with Crippen LogP contribution in [0.25, 0.3) is 28.1 Å². The first-order chi connectivity index (χ1) is 16.5. The first-order valence-electron chi connectivity index (χ1n) is 10.5. The molecule has 0 radical (unpaired) electrons. The zero-order valence-corrected chi connectivity index (χ0v) is 18.1. The van der Waals surface area contributed by atoms with Gasteiger partial charge in [-0.05, 0) is 35.4 Å². The van der Waals surface area contributed by atoms with E-state index in [4.69, 9.17) is 15.9 Å². The van der Waals surface area contributed by atoms with Gasteiger partial charge in [-0.1, -0.05) is 43.0 Å². The second kappa shape index (κ2) is 8.55. The standard InChI is InChI=1S/C25H21N7O2/c1-15(24(33)29-20-6-3-2-5-19(20)26)17-10-8-16(9-11-17)14-32-23-18(13-28-32)22(30-25(27)31-23)21-7-4-12-34-21/h2-13H,1,14,26H2,(H,29,33)(H2,27,30,31). The molecule has 168 valence electrons. The SMILES string of the molecule is C=C(C(=O)Nc1ccccc1N)c1ccc(Cn2ncc3c(-c4ccco4)nc(N)nc32)cc1. The summed E-state index contributed by atoms with van der Waals surface area (Å²) in [5, 5.41) is 8.00. The minimum atomic E-state index is -0.318. The van der Waals surface area contributed by atoms with Crippen LogP contribution in [0.3, 0.4) is 0 Å². The number of nitrogens with one attached hydrogen (secondary N) is 1. The third kappa shape index (κ3) is 3.97. The van der Waals surface area contributed by atoms with Crippen molar-refractivity contribution < 1.29 is 9.21 Å². The van der Waals surface area contributed by atoms with Crippen LogP contribution in [0.2, 0.25) is 0 Å². The fraction of sp³-hybridized carbons (Fsp3) is 0.0400. The van der Waals surface area contributed by atoms with E-state index in [1.54, 1.807) is 47.5 Å². The number of hydrogen-bond donors (Lipinski definition) is 3. The third-order valence-corrected chi connectivity index (χ3v) is 5.39. The average Bonchev–Trinajstić information content (AvgIpc) is 3.51. The highest BCUT2D eigenvalue weighted by molar-refractivity contribution is 6.25. The van der Waals surface area contributed by atoms with Crippen molar-refractivity contribution in [2.75, 3.05) is 16.8 Å². The number of hydrogen-bond acceptors (Lipinski definition) is 7. The highest BCUT2D eigenvalue weighted by Gasteiger charge is 2.16. The molecule has 0 aliphatic carbocycles. The third-order valence-electron chi connectivity index (χ3n) is 5.39. The molecule has 9 heteroatoms. The Balaban J connectivity index is 1.35. The van der Waals surface area contributed by atoms with Crippen molar-refractivity contribution in [3.05, 3.63) is 90.8 Å². The lowest BCUT2D eigenvalue weighted by Crippen LogP contribution is -2.14.